The molecule has 0 saturated heterocycles. The topological polar surface area (TPSA) is 43.1 Å². The van der Waals surface area contributed by atoms with E-state index in [4.69, 9.17) is 16.1 Å². The number of halogens is 1. The lowest BCUT2D eigenvalue weighted by Crippen LogP contribution is -2.06. The number of benzene rings is 1. The van der Waals surface area contributed by atoms with Gasteiger partial charge in [0.1, 0.15) is 0 Å². The fraction of sp³-hybridized carbons (Fsp3) is 0.294. The molecule has 22 heavy (non-hydrogen) atoms. The summed E-state index contributed by atoms with van der Waals surface area (Å²) >= 11 is 7.78. The Morgan fingerprint density at radius 2 is 2.14 bits per heavy atom. The van der Waals surface area contributed by atoms with E-state index in [0.717, 1.165) is 28.9 Å². The van der Waals surface area contributed by atoms with E-state index in [-0.39, 0.29) is 5.78 Å². The first kappa shape index (κ1) is 15.4. The maximum absolute atomic E-state index is 12.9. The highest BCUT2D eigenvalue weighted by molar-refractivity contribution is 7.98. The lowest BCUT2D eigenvalue weighted by molar-refractivity contribution is 0.103. The third-order valence-electron chi connectivity index (χ3n) is 3.77. The smallest absolute Gasteiger partial charge is 0.199 e. The van der Waals surface area contributed by atoms with E-state index in [1.54, 1.807) is 12.1 Å². The van der Waals surface area contributed by atoms with Crippen molar-refractivity contribution in [2.75, 3.05) is 6.26 Å². The number of carbonyl (C=O) groups is 1. The van der Waals surface area contributed by atoms with Crippen molar-refractivity contribution in [1.82, 2.24) is 5.16 Å². The maximum atomic E-state index is 12.9. The van der Waals surface area contributed by atoms with Crippen LogP contribution in [0.5, 0.6) is 0 Å². The zero-order valence-electron chi connectivity index (χ0n) is 12.5. The molecule has 1 aromatic heterocycles. The van der Waals surface area contributed by atoms with Gasteiger partial charge in [0, 0.05) is 27.0 Å². The minimum Gasteiger partial charge on any atom is -0.360 e. The second-order valence-corrected chi connectivity index (χ2v) is 6.71. The summed E-state index contributed by atoms with van der Waals surface area (Å²) in [5.41, 5.74) is 2.87. The predicted molar refractivity (Wildman–Crippen MR) is 89.9 cm³/mol. The van der Waals surface area contributed by atoms with Crippen LogP contribution in [0.3, 0.4) is 0 Å². The van der Waals surface area contributed by atoms with Gasteiger partial charge in [-0.25, -0.2) is 0 Å². The molecule has 0 N–H and O–H groups in total. The van der Waals surface area contributed by atoms with Gasteiger partial charge in [-0.2, -0.15) is 0 Å². The van der Waals surface area contributed by atoms with Gasteiger partial charge in [-0.3, -0.25) is 4.79 Å². The normalized spacial score (nSPS) is 14.1. The highest BCUT2D eigenvalue weighted by atomic mass is 35.5. The molecular formula is C17H16ClNO2S. The molecule has 0 radical (unpaired) electrons. The van der Waals surface area contributed by atoms with Crippen molar-refractivity contribution < 1.29 is 9.32 Å². The molecule has 0 aliphatic heterocycles. The number of hydrogen-bond donors (Lipinski definition) is 0. The van der Waals surface area contributed by atoms with Gasteiger partial charge in [0.25, 0.3) is 0 Å². The van der Waals surface area contributed by atoms with Crippen LogP contribution in [0.2, 0.25) is 5.02 Å². The van der Waals surface area contributed by atoms with Crippen LogP contribution in [-0.4, -0.2) is 17.2 Å². The molecule has 1 heterocycles. The number of thioether (sulfide) groups is 1. The molecule has 2 aromatic rings. The number of allylic oxidation sites excluding steroid dienone is 1. The largest absolute Gasteiger partial charge is 0.360 e. The number of hydrogen-bond acceptors (Lipinski definition) is 4. The summed E-state index contributed by atoms with van der Waals surface area (Å²) in [6.07, 6.45) is 5.57. The van der Waals surface area contributed by atoms with E-state index < -0.39 is 0 Å². The van der Waals surface area contributed by atoms with E-state index in [1.807, 2.05) is 13.2 Å². The van der Waals surface area contributed by atoms with E-state index in [9.17, 15) is 4.79 Å². The first-order chi connectivity index (χ1) is 10.5. The van der Waals surface area contributed by atoms with Crippen LogP contribution in [0.1, 0.15) is 52.9 Å². The molecule has 0 amide bonds. The highest BCUT2D eigenvalue weighted by Gasteiger charge is 2.33. The van der Waals surface area contributed by atoms with Crippen molar-refractivity contribution in [2.45, 2.75) is 30.6 Å². The minimum absolute atomic E-state index is 0.0633. The molecule has 0 atom stereocenters. The summed E-state index contributed by atoms with van der Waals surface area (Å²) in [6, 6.07) is 3.52. The molecule has 114 valence electrons. The summed E-state index contributed by atoms with van der Waals surface area (Å²) in [5, 5.41) is 4.43. The molecule has 1 aliphatic rings. The fourth-order valence-electron chi connectivity index (χ4n) is 2.55. The summed E-state index contributed by atoms with van der Waals surface area (Å²) in [5.74, 6) is 0.989. The SMILES string of the molecule is C=C(C)c1c(Cl)ccc(C(=O)c2cnoc2C2CC2)c1SC. The number of nitrogens with zero attached hydrogens (tertiary/aromatic N) is 1. The summed E-state index contributed by atoms with van der Waals surface area (Å²) < 4.78 is 5.28. The van der Waals surface area contributed by atoms with Crippen molar-refractivity contribution in [3.8, 4) is 0 Å². The molecule has 1 fully saturated rings. The predicted octanol–water partition coefficient (Wildman–Crippen LogP) is 5.19. The van der Waals surface area contributed by atoms with Crippen molar-refractivity contribution in [3.63, 3.8) is 0 Å². The van der Waals surface area contributed by atoms with Gasteiger partial charge in [-0.05, 0) is 43.7 Å². The average molecular weight is 334 g/mol. The first-order valence-corrected chi connectivity index (χ1v) is 8.66. The minimum atomic E-state index is -0.0633. The van der Waals surface area contributed by atoms with Crippen LogP contribution in [0.15, 0.2) is 34.3 Å². The Balaban J connectivity index is 2.11. The van der Waals surface area contributed by atoms with Gasteiger partial charge in [0.05, 0.1) is 11.8 Å². The Kier molecular flexibility index (Phi) is 4.15. The molecule has 0 unspecified atom stereocenters. The zero-order valence-corrected chi connectivity index (χ0v) is 14.1. The number of rotatable bonds is 5. The third kappa shape index (κ3) is 2.61. The second kappa shape index (κ2) is 5.94. The number of ketones is 1. The van der Waals surface area contributed by atoms with Gasteiger partial charge in [0.15, 0.2) is 11.5 Å². The Hall–Kier alpha value is -1.52. The molecule has 0 bridgehead atoms. The molecule has 0 spiro atoms. The van der Waals surface area contributed by atoms with Crippen molar-refractivity contribution in [3.05, 3.63) is 52.4 Å². The molecule has 1 aliphatic carbocycles. The highest BCUT2D eigenvalue weighted by Crippen LogP contribution is 2.43. The van der Waals surface area contributed by atoms with Gasteiger partial charge >= 0.3 is 0 Å². The number of aromatic nitrogens is 1. The Morgan fingerprint density at radius 1 is 1.41 bits per heavy atom. The van der Waals surface area contributed by atoms with Crippen LogP contribution in [0.4, 0.5) is 0 Å². The van der Waals surface area contributed by atoms with Crippen molar-refractivity contribution in [1.29, 1.82) is 0 Å². The van der Waals surface area contributed by atoms with Crippen LogP contribution >= 0.6 is 23.4 Å². The summed E-state index contributed by atoms with van der Waals surface area (Å²) in [6.45, 7) is 5.87. The first-order valence-electron chi connectivity index (χ1n) is 7.06. The second-order valence-electron chi connectivity index (χ2n) is 5.49. The van der Waals surface area contributed by atoms with Gasteiger partial charge < -0.3 is 4.52 Å². The molecular weight excluding hydrogens is 318 g/mol. The Bertz CT molecular complexity index is 762. The van der Waals surface area contributed by atoms with E-state index in [2.05, 4.69) is 11.7 Å². The Labute approximate surface area is 138 Å². The van der Waals surface area contributed by atoms with E-state index in [0.29, 0.717) is 27.8 Å². The molecule has 1 saturated carbocycles. The molecule has 1 aromatic carbocycles. The van der Waals surface area contributed by atoms with E-state index in [1.165, 1.54) is 18.0 Å². The van der Waals surface area contributed by atoms with Gasteiger partial charge in [-0.15, -0.1) is 11.8 Å². The van der Waals surface area contributed by atoms with Crippen LogP contribution < -0.4 is 0 Å². The third-order valence-corrected chi connectivity index (χ3v) is 4.92. The lowest BCUT2D eigenvalue weighted by Gasteiger charge is -2.14. The maximum Gasteiger partial charge on any atom is 0.199 e. The van der Waals surface area contributed by atoms with Crippen LogP contribution in [0.25, 0.3) is 5.57 Å². The summed E-state index contributed by atoms with van der Waals surface area (Å²) in [4.78, 5) is 13.8. The van der Waals surface area contributed by atoms with Crippen molar-refractivity contribution >= 4 is 34.7 Å². The average Bonchev–Trinajstić information content (AvgIpc) is 3.22. The van der Waals surface area contributed by atoms with Gasteiger partial charge in [-0.1, -0.05) is 23.3 Å². The lowest BCUT2D eigenvalue weighted by atomic mass is 9.98. The van der Waals surface area contributed by atoms with Crippen molar-refractivity contribution in [2.24, 2.45) is 0 Å². The fourth-order valence-corrected chi connectivity index (χ4v) is 3.80. The standard InChI is InChI=1S/C17H16ClNO2S/c1-9(2)14-13(18)7-6-11(17(14)22-3)15(20)12-8-19-21-16(12)10-4-5-10/h6-8,10H,1,4-5H2,2-3H3. The number of carbonyl (C=O) groups excluding carboxylic acids is 1. The van der Waals surface area contributed by atoms with Crippen LogP contribution in [-0.2, 0) is 0 Å². The van der Waals surface area contributed by atoms with Gasteiger partial charge in [0.2, 0.25) is 0 Å². The zero-order chi connectivity index (χ0) is 15.9. The molecule has 3 nitrogen and oxygen atoms in total. The summed E-state index contributed by atoms with van der Waals surface area (Å²) in [7, 11) is 0. The Morgan fingerprint density at radius 3 is 2.73 bits per heavy atom. The van der Waals surface area contributed by atoms with E-state index >= 15 is 0 Å². The monoisotopic (exact) mass is 333 g/mol. The van der Waals surface area contributed by atoms with Crippen LogP contribution in [0, 0.1) is 0 Å². The molecule has 5 heteroatoms. The molecule has 3 rings (SSSR count). The quantitative estimate of drug-likeness (QED) is 0.557.